The Morgan fingerprint density at radius 3 is 2.52 bits per heavy atom. The van der Waals surface area contributed by atoms with Gasteiger partial charge in [0.1, 0.15) is 10.6 Å². The average molecular weight is 491 g/mol. The smallest absolute Gasteiger partial charge is 0.246 e. The van der Waals surface area contributed by atoms with Crippen molar-refractivity contribution in [3.63, 3.8) is 0 Å². The Bertz CT molecular complexity index is 1180. The number of amides is 1. The van der Waals surface area contributed by atoms with Crippen LogP contribution in [0.3, 0.4) is 0 Å². The molecule has 0 aliphatic rings. The number of carbonyl (C=O) groups is 1. The number of anilines is 1. The molecular weight excluding hydrogens is 464 g/mol. The van der Waals surface area contributed by atoms with E-state index < -0.39 is 10.0 Å². The summed E-state index contributed by atoms with van der Waals surface area (Å²) in [7, 11) is -3.77. The number of sulfonamides is 1. The first-order valence-corrected chi connectivity index (χ1v) is 12.9. The van der Waals surface area contributed by atoms with Gasteiger partial charge in [-0.3, -0.25) is 4.79 Å². The number of thioether (sulfide) groups is 1. The number of tetrazole rings is 1. The molecule has 0 bridgehead atoms. The Hall–Kier alpha value is -2.96. The van der Waals surface area contributed by atoms with Crippen molar-refractivity contribution in [1.82, 2.24) is 24.5 Å². The maximum absolute atomic E-state index is 13.1. The number of ether oxygens (including phenoxy) is 1. The summed E-state index contributed by atoms with van der Waals surface area (Å²) >= 11 is 1.17. The first kappa shape index (κ1) is 24.7. The summed E-state index contributed by atoms with van der Waals surface area (Å²) in [6.07, 6.45) is 0. The van der Waals surface area contributed by atoms with E-state index >= 15 is 0 Å². The van der Waals surface area contributed by atoms with Gasteiger partial charge in [0, 0.05) is 18.8 Å². The van der Waals surface area contributed by atoms with E-state index in [1.165, 1.54) is 22.1 Å². The first-order valence-electron chi connectivity index (χ1n) is 10.4. The van der Waals surface area contributed by atoms with Crippen LogP contribution in [-0.2, 0) is 14.8 Å². The molecule has 12 heteroatoms. The summed E-state index contributed by atoms with van der Waals surface area (Å²) in [5, 5.41) is 14.8. The van der Waals surface area contributed by atoms with Gasteiger partial charge < -0.3 is 10.1 Å². The molecule has 176 valence electrons. The van der Waals surface area contributed by atoms with Crippen molar-refractivity contribution >= 4 is 33.4 Å². The normalized spacial score (nSPS) is 11.5. The number of benzene rings is 2. The lowest BCUT2D eigenvalue weighted by Gasteiger charge is -2.21. The quantitative estimate of drug-likeness (QED) is 0.408. The highest BCUT2D eigenvalue weighted by molar-refractivity contribution is 7.99. The van der Waals surface area contributed by atoms with Crippen LogP contribution in [0.4, 0.5) is 5.69 Å². The van der Waals surface area contributed by atoms with Gasteiger partial charge in [0.2, 0.25) is 21.1 Å². The van der Waals surface area contributed by atoms with Crippen LogP contribution >= 0.6 is 11.8 Å². The van der Waals surface area contributed by atoms with Gasteiger partial charge in [0.25, 0.3) is 0 Å². The van der Waals surface area contributed by atoms with E-state index in [1.54, 1.807) is 37.6 Å². The van der Waals surface area contributed by atoms with Crippen molar-refractivity contribution in [1.29, 1.82) is 0 Å². The Kier molecular flexibility index (Phi) is 8.42. The molecule has 10 nitrogen and oxygen atoms in total. The second-order valence-electron chi connectivity index (χ2n) is 6.73. The van der Waals surface area contributed by atoms with E-state index in [2.05, 4.69) is 20.8 Å². The minimum atomic E-state index is -3.77. The summed E-state index contributed by atoms with van der Waals surface area (Å²) < 4.78 is 34.6. The van der Waals surface area contributed by atoms with Crippen molar-refractivity contribution in [2.75, 3.05) is 30.8 Å². The lowest BCUT2D eigenvalue weighted by molar-refractivity contribution is -0.113. The van der Waals surface area contributed by atoms with Crippen LogP contribution in [0.5, 0.6) is 5.75 Å². The fourth-order valence-electron chi connectivity index (χ4n) is 3.09. The highest BCUT2D eigenvalue weighted by atomic mass is 32.2. The van der Waals surface area contributed by atoms with Crippen LogP contribution in [0.15, 0.2) is 58.6 Å². The summed E-state index contributed by atoms with van der Waals surface area (Å²) in [4.78, 5) is 12.6. The predicted octanol–water partition coefficient (Wildman–Crippen LogP) is 2.82. The molecular formula is C21H26N6O4S2. The van der Waals surface area contributed by atoms with Crippen LogP contribution < -0.4 is 10.1 Å². The standard InChI is InChI=1S/C21H26N6O4S2/c1-4-26(5-2)33(29,30)19-14-16(12-13-18(19)31-6-3)22-20(28)15-32-21-23-24-25-27(21)17-10-8-7-9-11-17/h7-14H,4-6,15H2,1-3H3,(H,22,28). The summed E-state index contributed by atoms with van der Waals surface area (Å²) in [5.41, 5.74) is 1.14. The maximum atomic E-state index is 13.1. The molecule has 3 aromatic rings. The first-order chi connectivity index (χ1) is 15.9. The summed E-state index contributed by atoms with van der Waals surface area (Å²) in [6.45, 7) is 6.30. The van der Waals surface area contributed by atoms with Crippen LogP contribution in [0.1, 0.15) is 20.8 Å². The summed E-state index contributed by atoms with van der Waals surface area (Å²) in [6, 6.07) is 13.9. The molecule has 0 aliphatic heterocycles. The van der Waals surface area contributed by atoms with Crippen LogP contribution in [-0.4, -0.2) is 64.3 Å². The van der Waals surface area contributed by atoms with Crippen LogP contribution in [0, 0.1) is 0 Å². The average Bonchev–Trinajstić information content (AvgIpc) is 3.29. The monoisotopic (exact) mass is 490 g/mol. The van der Waals surface area contributed by atoms with Gasteiger partial charge >= 0.3 is 0 Å². The molecule has 2 aromatic carbocycles. The number of nitrogens with one attached hydrogen (secondary N) is 1. The third-order valence-corrected chi connectivity index (χ3v) is 7.61. The number of para-hydroxylation sites is 1. The topological polar surface area (TPSA) is 119 Å². The minimum Gasteiger partial charge on any atom is -0.492 e. The molecule has 0 saturated carbocycles. The van der Waals surface area contributed by atoms with E-state index in [1.807, 2.05) is 30.3 Å². The van der Waals surface area contributed by atoms with Gasteiger partial charge in [-0.2, -0.15) is 8.99 Å². The molecule has 0 aliphatic carbocycles. The second kappa shape index (κ2) is 11.3. The van der Waals surface area contributed by atoms with Crippen molar-refractivity contribution in [3.05, 3.63) is 48.5 Å². The lowest BCUT2D eigenvalue weighted by atomic mass is 10.3. The molecule has 0 unspecified atom stereocenters. The van der Waals surface area contributed by atoms with E-state index in [9.17, 15) is 13.2 Å². The third-order valence-electron chi connectivity index (χ3n) is 4.62. The maximum Gasteiger partial charge on any atom is 0.246 e. The Morgan fingerprint density at radius 2 is 1.85 bits per heavy atom. The van der Waals surface area contributed by atoms with Gasteiger partial charge in [-0.1, -0.05) is 43.8 Å². The van der Waals surface area contributed by atoms with E-state index in [0.29, 0.717) is 30.5 Å². The predicted molar refractivity (Wildman–Crippen MR) is 126 cm³/mol. The molecule has 33 heavy (non-hydrogen) atoms. The van der Waals surface area contributed by atoms with E-state index in [4.69, 9.17) is 4.74 Å². The van der Waals surface area contributed by atoms with Crippen LogP contribution in [0.25, 0.3) is 5.69 Å². The molecule has 0 fully saturated rings. The largest absolute Gasteiger partial charge is 0.492 e. The zero-order valence-electron chi connectivity index (χ0n) is 18.6. The van der Waals surface area contributed by atoms with E-state index in [-0.39, 0.29) is 22.3 Å². The number of nitrogens with zero attached hydrogens (tertiary/aromatic N) is 5. The van der Waals surface area contributed by atoms with Crippen molar-refractivity contribution in [2.24, 2.45) is 0 Å². The zero-order valence-corrected chi connectivity index (χ0v) is 20.3. The lowest BCUT2D eigenvalue weighted by Crippen LogP contribution is -2.31. The molecule has 3 rings (SSSR count). The van der Waals surface area contributed by atoms with Gasteiger partial charge in [0.15, 0.2) is 0 Å². The SMILES string of the molecule is CCOc1ccc(NC(=O)CSc2nnnn2-c2ccccc2)cc1S(=O)(=O)N(CC)CC. The number of carbonyl (C=O) groups excluding carboxylic acids is 1. The zero-order chi connectivity index (χ0) is 23.8. The molecule has 0 radical (unpaired) electrons. The highest BCUT2D eigenvalue weighted by Gasteiger charge is 2.26. The Morgan fingerprint density at radius 1 is 1.12 bits per heavy atom. The Balaban J connectivity index is 1.75. The Labute approximate surface area is 197 Å². The number of hydrogen-bond acceptors (Lipinski definition) is 8. The number of aromatic nitrogens is 4. The van der Waals surface area contributed by atoms with Gasteiger partial charge in [-0.05, 0) is 47.7 Å². The van der Waals surface area contributed by atoms with Crippen molar-refractivity contribution < 1.29 is 17.9 Å². The summed E-state index contributed by atoms with van der Waals surface area (Å²) in [5.74, 6) is -0.0322. The fourth-order valence-corrected chi connectivity index (χ4v) is 5.40. The fraction of sp³-hybridized carbons (Fsp3) is 0.333. The van der Waals surface area contributed by atoms with Crippen molar-refractivity contribution in [3.8, 4) is 11.4 Å². The number of rotatable bonds is 11. The van der Waals surface area contributed by atoms with Crippen molar-refractivity contribution in [2.45, 2.75) is 30.8 Å². The highest BCUT2D eigenvalue weighted by Crippen LogP contribution is 2.30. The van der Waals surface area contributed by atoms with Gasteiger partial charge in [-0.15, -0.1) is 5.10 Å². The molecule has 0 atom stereocenters. The molecule has 1 aromatic heterocycles. The molecule has 1 amide bonds. The molecule has 0 saturated heterocycles. The van der Waals surface area contributed by atoms with Gasteiger partial charge in [0.05, 0.1) is 18.0 Å². The van der Waals surface area contributed by atoms with Gasteiger partial charge in [-0.25, -0.2) is 8.42 Å². The minimum absolute atomic E-state index is 0.0199. The van der Waals surface area contributed by atoms with E-state index in [0.717, 1.165) is 5.69 Å². The molecule has 1 heterocycles. The second-order valence-corrected chi connectivity index (χ2v) is 9.58. The number of hydrogen-bond donors (Lipinski definition) is 1. The molecule has 0 spiro atoms. The van der Waals surface area contributed by atoms with Crippen LogP contribution in [0.2, 0.25) is 0 Å². The molecule has 1 N–H and O–H groups in total. The third kappa shape index (κ3) is 5.89.